The van der Waals surface area contributed by atoms with Crippen molar-refractivity contribution in [3.63, 3.8) is 0 Å². The van der Waals surface area contributed by atoms with E-state index in [9.17, 15) is 10.1 Å². The normalized spacial score (nSPS) is 15.8. The molecule has 2 N–H and O–H groups in total. The Hall–Kier alpha value is -1.62. The Morgan fingerprint density at radius 1 is 1.33 bits per heavy atom. The molecule has 1 saturated heterocycles. The van der Waals surface area contributed by atoms with Gasteiger partial charge in [0.2, 0.25) is 0 Å². The van der Waals surface area contributed by atoms with E-state index in [1.54, 1.807) is 6.07 Å². The van der Waals surface area contributed by atoms with Crippen molar-refractivity contribution in [2.24, 2.45) is 5.73 Å². The van der Waals surface area contributed by atoms with E-state index in [-0.39, 0.29) is 17.2 Å². The minimum Gasteiger partial charge on any atom is -0.371 e. The molecule has 1 heterocycles. The second kappa shape index (κ2) is 5.35. The summed E-state index contributed by atoms with van der Waals surface area (Å²) in [5, 5.41) is 11.1. The van der Waals surface area contributed by atoms with Crippen LogP contribution in [0.25, 0.3) is 0 Å². The molecule has 0 radical (unpaired) electrons. The maximum absolute atomic E-state index is 11.1. The van der Waals surface area contributed by atoms with Crippen molar-refractivity contribution >= 4 is 11.4 Å². The molecule has 18 heavy (non-hydrogen) atoms. The molecule has 0 spiro atoms. The second-order valence-corrected chi connectivity index (χ2v) is 4.78. The van der Waals surface area contributed by atoms with Gasteiger partial charge in [-0.2, -0.15) is 0 Å². The van der Waals surface area contributed by atoms with Gasteiger partial charge in [-0.05, 0) is 37.8 Å². The fraction of sp³-hybridized carbons (Fsp3) is 0.538. The van der Waals surface area contributed by atoms with Crippen molar-refractivity contribution in [1.82, 2.24) is 0 Å². The lowest BCUT2D eigenvalue weighted by atomic mass is 10.0. The number of piperidine rings is 1. The third-order valence-electron chi connectivity index (χ3n) is 3.51. The first-order valence-corrected chi connectivity index (χ1v) is 6.36. The SMILES string of the molecule is Cc1cc(CN)c([N+](=O)[O-])cc1N1CCCCC1. The van der Waals surface area contributed by atoms with Gasteiger partial charge >= 0.3 is 0 Å². The van der Waals surface area contributed by atoms with Gasteiger partial charge in [-0.1, -0.05) is 0 Å². The molecule has 1 fully saturated rings. The van der Waals surface area contributed by atoms with Crippen molar-refractivity contribution in [3.8, 4) is 0 Å². The number of benzene rings is 1. The molecule has 0 aromatic heterocycles. The summed E-state index contributed by atoms with van der Waals surface area (Å²) < 4.78 is 0. The fourth-order valence-corrected chi connectivity index (χ4v) is 2.55. The van der Waals surface area contributed by atoms with Crippen molar-refractivity contribution < 1.29 is 4.92 Å². The summed E-state index contributed by atoms with van der Waals surface area (Å²) in [5.41, 5.74) is 8.38. The second-order valence-electron chi connectivity index (χ2n) is 4.78. The first-order chi connectivity index (χ1) is 8.63. The molecule has 0 unspecified atom stereocenters. The average molecular weight is 249 g/mol. The zero-order valence-electron chi connectivity index (χ0n) is 10.7. The zero-order valence-corrected chi connectivity index (χ0v) is 10.7. The van der Waals surface area contributed by atoms with Crippen molar-refractivity contribution in [2.75, 3.05) is 18.0 Å². The van der Waals surface area contributed by atoms with Crippen molar-refractivity contribution in [2.45, 2.75) is 32.7 Å². The maximum atomic E-state index is 11.1. The topological polar surface area (TPSA) is 72.4 Å². The standard InChI is InChI=1S/C13H19N3O2/c1-10-7-11(9-14)13(16(17)18)8-12(10)15-5-3-2-4-6-15/h7-8H,2-6,9,14H2,1H3. The first kappa shape index (κ1) is 12.8. The quantitative estimate of drug-likeness (QED) is 0.659. The summed E-state index contributed by atoms with van der Waals surface area (Å²) in [4.78, 5) is 13.0. The predicted molar refractivity (Wildman–Crippen MR) is 71.8 cm³/mol. The summed E-state index contributed by atoms with van der Waals surface area (Å²) in [6.07, 6.45) is 3.57. The lowest BCUT2D eigenvalue weighted by Crippen LogP contribution is -2.30. The van der Waals surface area contributed by atoms with E-state index in [0.717, 1.165) is 37.2 Å². The van der Waals surface area contributed by atoms with Crippen LogP contribution >= 0.6 is 0 Å². The molecule has 0 atom stereocenters. The van der Waals surface area contributed by atoms with Crippen LogP contribution < -0.4 is 10.6 Å². The number of hydrogen-bond acceptors (Lipinski definition) is 4. The molecule has 1 aromatic carbocycles. The van der Waals surface area contributed by atoms with E-state index in [4.69, 9.17) is 5.73 Å². The summed E-state index contributed by atoms with van der Waals surface area (Å²) in [7, 11) is 0. The van der Waals surface area contributed by atoms with E-state index in [0.29, 0.717) is 5.56 Å². The number of hydrogen-bond donors (Lipinski definition) is 1. The lowest BCUT2D eigenvalue weighted by Gasteiger charge is -2.30. The highest BCUT2D eigenvalue weighted by Gasteiger charge is 2.20. The zero-order chi connectivity index (χ0) is 13.1. The van der Waals surface area contributed by atoms with Crippen LogP contribution in [0.15, 0.2) is 12.1 Å². The third-order valence-corrected chi connectivity index (χ3v) is 3.51. The summed E-state index contributed by atoms with van der Waals surface area (Å²) in [6, 6.07) is 3.53. The summed E-state index contributed by atoms with van der Waals surface area (Å²) in [5.74, 6) is 0. The Bertz CT molecular complexity index is 454. The minimum absolute atomic E-state index is 0.142. The largest absolute Gasteiger partial charge is 0.371 e. The van der Waals surface area contributed by atoms with Gasteiger partial charge in [0.1, 0.15) is 0 Å². The van der Waals surface area contributed by atoms with Gasteiger partial charge in [0.15, 0.2) is 0 Å². The molecule has 98 valence electrons. The Balaban J connectivity index is 2.40. The van der Waals surface area contributed by atoms with Crippen LogP contribution in [0.2, 0.25) is 0 Å². The van der Waals surface area contributed by atoms with Crippen LogP contribution in [0.3, 0.4) is 0 Å². The number of rotatable bonds is 3. The molecule has 0 aliphatic carbocycles. The highest BCUT2D eigenvalue weighted by atomic mass is 16.6. The van der Waals surface area contributed by atoms with Crippen LogP contribution in [0.1, 0.15) is 30.4 Å². The van der Waals surface area contributed by atoms with Crippen LogP contribution in [0, 0.1) is 17.0 Å². The van der Waals surface area contributed by atoms with E-state index >= 15 is 0 Å². The molecule has 2 rings (SSSR count). The molecule has 1 aliphatic rings. The molecule has 5 heteroatoms. The smallest absolute Gasteiger partial charge is 0.275 e. The van der Waals surface area contributed by atoms with Gasteiger partial charge < -0.3 is 10.6 Å². The molecule has 0 amide bonds. The molecule has 1 aromatic rings. The van der Waals surface area contributed by atoms with Crippen LogP contribution in [0.5, 0.6) is 0 Å². The number of nitrogens with zero attached hydrogens (tertiary/aromatic N) is 2. The number of nitro benzene ring substituents is 1. The molecule has 5 nitrogen and oxygen atoms in total. The van der Waals surface area contributed by atoms with Crippen LogP contribution in [-0.2, 0) is 6.54 Å². The minimum atomic E-state index is -0.338. The number of nitrogens with two attached hydrogens (primary N) is 1. The van der Waals surface area contributed by atoms with E-state index in [1.165, 1.54) is 6.42 Å². The van der Waals surface area contributed by atoms with Gasteiger partial charge in [-0.15, -0.1) is 0 Å². The Kier molecular flexibility index (Phi) is 3.81. The number of aryl methyl sites for hydroxylation is 1. The third kappa shape index (κ3) is 2.46. The highest BCUT2D eigenvalue weighted by Crippen LogP contribution is 2.31. The maximum Gasteiger partial charge on any atom is 0.275 e. The highest BCUT2D eigenvalue weighted by molar-refractivity contribution is 5.62. The van der Waals surface area contributed by atoms with Gasteiger partial charge in [-0.3, -0.25) is 10.1 Å². The number of anilines is 1. The van der Waals surface area contributed by atoms with Gasteiger partial charge in [0.25, 0.3) is 5.69 Å². The van der Waals surface area contributed by atoms with Gasteiger partial charge in [0.05, 0.1) is 4.92 Å². The Morgan fingerprint density at radius 2 is 2.00 bits per heavy atom. The fourth-order valence-electron chi connectivity index (χ4n) is 2.55. The van der Waals surface area contributed by atoms with Crippen molar-refractivity contribution in [1.29, 1.82) is 0 Å². The lowest BCUT2D eigenvalue weighted by molar-refractivity contribution is -0.385. The Morgan fingerprint density at radius 3 is 2.56 bits per heavy atom. The average Bonchev–Trinajstić information content (AvgIpc) is 2.39. The van der Waals surface area contributed by atoms with Crippen molar-refractivity contribution in [3.05, 3.63) is 33.4 Å². The summed E-state index contributed by atoms with van der Waals surface area (Å²) >= 11 is 0. The van der Waals surface area contributed by atoms with Crippen LogP contribution in [-0.4, -0.2) is 18.0 Å². The Labute approximate surface area is 107 Å². The summed E-state index contributed by atoms with van der Waals surface area (Å²) in [6.45, 7) is 4.17. The monoisotopic (exact) mass is 249 g/mol. The van der Waals surface area contributed by atoms with E-state index in [1.807, 2.05) is 13.0 Å². The molecule has 1 aliphatic heterocycles. The first-order valence-electron chi connectivity index (χ1n) is 6.36. The number of nitro groups is 1. The van der Waals surface area contributed by atoms with Gasteiger partial charge in [-0.25, -0.2) is 0 Å². The van der Waals surface area contributed by atoms with Crippen LogP contribution in [0.4, 0.5) is 11.4 Å². The molecule has 0 bridgehead atoms. The van der Waals surface area contributed by atoms with E-state index < -0.39 is 0 Å². The van der Waals surface area contributed by atoms with Gasteiger partial charge in [0, 0.05) is 37.0 Å². The van der Waals surface area contributed by atoms with E-state index in [2.05, 4.69) is 4.90 Å². The molecular weight excluding hydrogens is 230 g/mol. The predicted octanol–water partition coefficient (Wildman–Crippen LogP) is 2.35. The molecule has 0 saturated carbocycles. The molecular formula is C13H19N3O2.